The topological polar surface area (TPSA) is 89.5 Å². The van der Waals surface area contributed by atoms with Gasteiger partial charge in [-0.3, -0.25) is 4.79 Å². The van der Waals surface area contributed by atoms with Crippen molar-refractivity contribution in [2.45, 2.75) is 20.3 Å². The van der Waals surface area contributed by atoms with Gasteiger partial charge in [0.2, 0.25) is 5.91 Å². The number of anilines is 1. The Labute approximate surface area is 134 Å². The second kappa shape index (κ2) is 8.09. The molecule has 1 aromatic heterocycles. The lowest BCUT2D eigenvalue weighted by molar-refractivity contribution is -0.113. The molecule has 1 aromatic rings. The van der Waals surface area contributed by atoms with Crippen LogP contribution in [0.5, 0.6) is 0 Å². The molecule has 6 nitrogen and oxygen atoms in total. The molecule has 1 N–H and O–H groups in total. The van der Waals surface area contributed by atoms with Gasteiger partial charge in [-0.25, -0.2) is 13.2 Å². The maximum Gasteiger partial charge on any atom is 0.341 e. The van der Waals surface area contributed by atoms with E-state index >= 15 is 0 Å². The number of esters is 1. The second-order valence-corrected chi connectivity index (χ2v) is 7.67. The first-order valence-electron chi connectivity index (χ1n) is 6.74. The van der Waals surface area contributed by atoms with E-state index in [-0.39, 0.29) is 17.9 Å². The van der Waals surface area contributed by atoms with Crippen LogP contribution in [0.15, 0.2) is 18.7 Å². The lowest BCUT2D eigenvalue weighted by Crippen LogP contribution is -2.24. The molecule has 1 rings (SSSR count). The van der Waals surface area contributed by atoms with Gasteiger partial charge >= 0.3 is 5.97 Å². The van der Waals surface area contributed by atoms with Crippen LogP contribution in [0.4, 0.5) is 5.00 Å². The number of carbonyl (C=O) groups excluding carboxylic acids is 2. The van der Waals surface area contributed by atoms with E-state index in [1.165, 1.54) is 17.4 Å². The van der Waals surface area contributed by atoms with Gasteiger partial charge in [0, 0.05) is 4.88 Å². The molecule has 0 spiro atoms. The zero-order valence-electron chi connectivity index (χ0n) is 12.5. The molecule has 1 heterocycles. The number of ether oxygens (including phenoxy) is 1. The van der Waals surface area contributed by atoms with Crippen molar-refractivity contribution >= 4 is 38.1 Å². The minimum absolute atomic E-state index is 0.219. The van der Waals surface area contributed by atoms with E-state index in [1.807, 2.05) is 6.92 Å². The van der Waals surface area contributed by atoms with Crippen LogP contribution in [0.25, 0.3) is 0 Å². The Morgan fingerprint density at radius 3 is 2.64 bits per heavy atom. The molecule has 0 radical (unpaired) electrons. The van der Waals surface area contributed by atoms with Crippen molar-refractivity contribution in [3.05, 3.63) is 29.2 Å². The molecule has 1 amide bonds. The van der Waals surface area contributed by atoms with E-state index in [0.717, 1.165) is 4.88 Å². The fourth-order valence-electron chi connectivity index (χ4n) is 1.67. The Morgan fingerprint density at radius 2 is 2.09 bits per heavy atom. The first-order valence-corrected chi connectivity index (χ1v) is 9.37. The lowest BCUT2D eigenvalue weighted by atomic mass is 10.2. The highest BCUT2D eigenvalue weighted by Gasteiger charge is 2.21. The zero-order valence-corrected chi connectivity index (χ0v) is 14.2. The molecule has 0 bridgehead atoms. The first kappa shape index (κ1) is 18.4. The van der Waals surface area contributed by atoms with Crippen LogP contribution in [0.2, 0.25) is 0 Å². The van der Waals surface area contributed by atoms with Gasteiger partial charge in [0.15, 0.2) is 9.84 Å². The van der Waals surface area contributed by atoms with Crippen molar-refractivity contribution in [1.29, 1.82) is 0 Å². The predicted molar refractivity (Wildman–Crippen MR) is 87.1 cm³/mol. The highest BCUT2D eigenvalue weighted by atomic mass is 32.2. The van der Waals surface area contributed by atoms with E-state index in [4.69, 9.17) is 4.74 Å². The summed E-state index contributed by atoms with van der Waals surface area (Å²) in [5.41, 5.74) is 0.248. The zero-order chi connectivity index (χ0) is 16.8. The SMILES string of the molecule is C=CCS(=O)(=O)CC(=O)Nc1sc(CC)cc1C(=O)OCC. The maximum absolute atomic E-state index is 11.9. The van der Waals surface area contributed by atoms with E-state index in [9.17, 15) is 18.0 Å². The largest absolute Gasteiger partial charge is 0.462 e. The number of sulfone groups is 1. The van der Waals surface area contributed by atoms with Gasteiger partial charge in [0.1, 0.15) is 10.8 Å². The van der Waals surface area contributed by atoms with Crippen LogP contribution in [0.1, 0.15) is 29.1 Å². The molecule has 0 aliphatic carbocycles. The predicted octanol–water partition coefficient (Wildman–Crippen LogP) is 2.03. The molecule has 0 atom stereocenters. The summed E-state index contributed by atoms with van der Waals surface area (Å²) >= 11 is 1.23. The van der Waals surface area contributed by atoms with Crippen LogP contribution >= 0.6 is 11.3 Å². The molecule has 0 aliphatic rings. The third-order valence-electron chi connectivity index (χ3n) is 2.60. The fraction of sp³-hybridized carbons (Fsp3) is 0.429. The highest BCUT2D eigenvalue weighted by Crippen LogP contribution is 2.29. The second-order valence-electron chi connectivity index (χ2n) is 4.42. The molecule has 0 aromatic carbocycles. The summed E-state index contributed by atoms with van der Waals surface area (Å²) in [5, 5.41) is 2.80. The molecule has 122 valence electrons. The van der Waals surface area contributed by atoms with Crippen LogP contribution < -0.4 is 5.32 Å². The Bertz CT molecular complexity index is 661. The van der Waals surface area contributed by atoms with E-state index in [1.54, 1.807) is 13.0 Å². The number of carbonyl (C=O) groups is 2. The number of rotatable bonds is 8. The number of thiophene rings is 1. The Balaban J connectivity index is 2.92. The van der Waals surface area contributed by atoms with Crippen LogP contribution in [0.3, 0.4) is 0 Å². The fourth-order valence-corrected chi connectivity index (χ4v) is 3.62. The molecular formula is C14H19NO5S2. The lowest BCUT2D eigenvalue weighted by Gasteiger charge is -2.06. The molecule has 8 heteroatoms. The minimum Gasteiger partial charge on any atom is -0.462 e. The van der Waals surface area contributed by atoms with Gasteiger partial charge < -0.3 is 10.1 Å². The van der Waals surface area contributed by atoms with Gasteiger partial charge in [-0.05, 0) is 19.4 Å². The highest BCUT2D eigenvalue weighted by molar-refractivity contribution is 7.92. The van der Waals surface area contributed by atoms with Crippen molar-refractivity contribution in [2.75, 3.05) is 23.4 Å². The number of hydrogen-bond acceptors (Lipinski definition) is 6. The maximum atomic E-state index is 11.9. The van der Waals surface area contributed by atoms with E-state index in [2.05, 4.69) is 11.9 Å². The first-order chi connectivity index (χ1) is 10.3. The third-order valence-corrected chi connectivity index (χ3v) is 5.24. The number of hydrogen-bond donors (Lipinski definition) is 1. The van der Waals surface area contributed by atoms with Crippen molar-refractivity contribution in [3.63, 3.8) is 0 Å². The standard InChI is InChI=1S/C14H19NO5S2/c1-4-7-22(18,19)9-12(16)15-13-11(14(17)20-6-3)8-10(5-2)21-13/h4,8H,1,5-7,9H2,2-3H3,(H,15,16). The molecule has 0 unspecified atom stereocenters. The summed E-state index contributed by atoms with van der Waals surface area (Å²) in [6, 6.07) is 1.65. The van der Waals surface area contributed by atoms with Crippen LogP contribution in [-0.2, 0) is 25.8 Å². The number of amides is 1. The number of nitrogens with one attached hydrogen (secondary N) is 1. The smallest absolute Gasteiger partial charge is 0.341 e. The molecule has 0 fully saturated rings. The summed E-state index contributed by atoms with van der Waals surface area (Å²) < 4.78 is 28.1. The van der Waals surface area contributed by atoms with Gasteiger partial charge in [-0.2, -0.15) is 0 Å². The van der Waals surface area contributed by atoms with Gasteiger partial charge in [-0.15, -0.1) is 17.9 Å². The minimum atomic E-state index is -3.53. The van der Waals surface area contributed by atoms with E-state index in [0.29, 0.717) is 11.4 Å². The summed E-state index contributed by atoms with van der Waals surface area (Å²) in [6.07, 6.45) is 1.93. The third kappa shape index (κ3) is 5.27. The average molecular weight is 345 g/mol. The van der Waals surface area contributed by atoms with E-state index < -0.39 is 27.5 Å². The van der Waals surface area contributed by atoms with Crippen molar-refractivity contribution in [3.8, 4) is 0 Å². The summed E-state index contributed by atoms with van der Waals surface area (Å²) in [4.78, 5) is 24.6. The summed E-state index contributed by atoms with van der Waals surface area (Å²) in [5.74, 6) is -2.14. The van der Waals surface area contributed by atoms with Crippen molar-refractivity contribution < 1.29 is 22.7 Å². The quantitative estimate of drug-likeness (QED) is 0.575. The monoisotopic (exact) mass is 345 g/mol. The molecule has 22 heavy (non-hydrogen) atoms. The van der Waals surface area contributed by atoms with Gasteiger partial charge in [0.25, 0.3) is 0 Å². The summed E-state index contributed by atoms with van der Waals surface area (Å²) in [6.45, 7) is 7.16. The van der Waals surface area contributed by atoms with Gasteiger partial charge in [0.05, 0.1) is 17.9 Å². The van der Waals surface area contributed by atoms with Crippen LogP contribution in [0, 0.1) is 0 Å². The van der Waals surface area contributed by atoms with Gasteiger partial charge in [-0.1, -0.05) is 13.0 Å². The Hall–Kier alpha value is -1.67. The van der Waals surface area contributed by atoms with Crippen molar-refractivity contribution in [1.82, 2.24) is 0 Å². The summed E-state index contributed by atoms with van der Waals surface area (Å²) in [7, 11) is -3.53. The molecule has 0 saturated carbocycles. The molecule has 0 saturated heterocycles. The van der Waals surface area contributed by atoms with Crippen molar-refractivity contribution in [2.24, 2.45) is 0 Å². The van der Waals surface area contributed by atoms with Crippen LogP contribution in [-0.4, -0.2) is 38.4 Å². The Morgan fingerprint density at radius 1 is 1.41 bits per heavy atom. The average Bonchev–Trinajstić information content (AvgIpc) is 2.81. The normalized spacial score (nSPS) is 11.0. The Kier molecular flexibility index (Phi) is 6.76. The molecule has 0 aliphatic heterocycles. The number of aryl methyl sites for hydroxylation is 1. The molecular weight excluding hydrogens is 326 g/mol.